The number of rotatable bonds is 8. The number of hydrogen-bond donors (Lipinski definition) is 0. The molecule has 1 aliphatic rings. The zero-order valence-corrected chi connectivity index (χ0v) is 20.6. The van der Waals surface area contributed by atoms with Crippen molar-refractivity contribution in [3.8, 4) is 17.6 Å². The number of halogens is 1. The largest absolute Gasteiger partial charge is 0.493 e. The van der Waals surface area contributed by atoms with E-state index in [-0.39, 0.29) is 34.6 Å². The molecule has 0 radical (unpaired) electrons. The number of nitriles is 1. The van der Waals surface area contributed by atoms with E-state index in [1.54, 1.807) is 60.7 Å². The van der Waals surface area contributed by atoms with Crippen molar-refractivity contribution in [3.63, 3.8) is 0 Å². The number of ether oxygens (including phenoxy) is 2. The summed E-state index contributed by atoms with van der Waals surface area (Å²) in [6, 6.07) is 20.9. The predicted octanol–water partition coefficient (Wildman–Crippen LogP) is 5.72. The number of Topliss-reactive ketones (excluding diaryl/α,β-unsaturated/α-hetero) is 1. The Bertz CT molecular complexity index is 1420. The Kier molecular flexibility index (Phi) is 7.74. The minimum absolute atomic E-state index is 0.105. The molecule has 0 aromatic heterocycles. The minimum atomic E-state index is -0.558. The standard InChI is InChI=1S/C27H19ClN2O5S/c1-34-23-12-17(11-21(28)25(23)35-16-20-10-6-5-9-19(20)14-29)13-24-26(32)30(27(33)36-24)15-22(31)18-7-3-2-4-8-18/h2-13H,15-16H2,1H3/b24-13-. The fourth-order valence-electron chi connectivity index (χ4n) is 3.51. The third kappa shape index (κ3) is 5.43. The molecule has 1 saturated heterocycles. The molecule has 3 aromatic carbocycles. The number of carbonyl (C=O) groups excluding carboxylic acids is 3. The highest BCUT2D eigenvalue weighted by Gasteiger charge is 2.36. The summed E-state index contributed by atoms with van der Waals surface area (Å²) in [5, 5.41) is 8.98. The first-order chi connectivity index (χ1) is 17.4. The number of nitrogens with zero attached hydrogens (tertiary/aromatic N) is 2. The van der Waals surface area contributed by atoms with E-state index >= 15 is 0 Å². The van der Waals surface area contributed by atoms with Gasteiger partial charge in [-0.2, -0.15) is 5.26 Å². The van der Waals surface area contributed by atoms with Crippen LogP contribution in [-0.2, 0) is 11.4 Å². The molecule has 0 bridgehead atoms. The molecule has 0 saturated carbocycles. The van der Waals surface area contributed by atoms with Gasteiger partial charge in [-0.05, 0) is 41.6 Å². The molecule has 4 rings (SSSR count). The fourth-order valence-corrected chi connectivity index (χ4v) is 4.63. The third-order valence-electron chi connectivity index (χ3n) is 5.33. The number of carbonyl (C=O) groups is 3. The molecule has 0 aliphatic carbocycles. The highest BCUT2D eigenvalue weighted by atomic mass is 35.5. The number of amides is 2. The van der Waals surface area contributed by atoms with Crippen LogP contribution in [0.3, 0.4) is 0 Å². The Morgan fingerprint density at radius 1 is 1.11 bits per heavy atom. The van der Waals surface area contributed by atoms with Crippen LogP contribution >= 0.6 is 23.4 Å². The topological polar surface area (TPSA) is 96.7 Å². The van der Waals surface area contributed by atoms with E-state index in [0.717, 1.165) is 16.7 Å². The van der Waals surface area contributed by atoms with E-state index in [9.17, 15) is 19.6 Å². The fraction of sp³-hybridized carbons (Fsp3) is 0.111. The second-order valence-corrected chi connectivity index (χ2v) is 9.05. The van der Waals surface area contributed by atoms with Crippen molar-refractivity contribution in [2.75, 3.05) is 13.7 Å². The van der Waals surface area contributed by atoms with Crippen LogP contribution in [-0.4, -0.2) is 35.5 Å². The van der Waals surface area contributed by atoms with E-state index in [0.29, 0.717) is 28.0 Å². The number of thioether (sulfide) groups is 1. The van der Waals surface area contributed by atoms with Crippen molar-refractivity contribution in [2.24, 2.45) is 0 Å². The number of ketones is 1. The lowest BCUT2D eigenvalue weighted by molar-refractivity contribution is -0.122. The van der Waals surface area contributed by atoms with Gasteiger partial charge in [-0.1, -0.05) is 60.1 Å². The lowest BCUT2D eigenvalue weighted by Gasteiger charge is -2.14. The first-order valence-corrected chi connectivity index (χ1v) is 11.9. The summed E-state index contributed by atoms with van der Waals surface area (Å²) in [6.45, 7) is -0.236. The minimum Gasteiger partial charge on any atom is -0.493 e. The summed E-state index contributed by atoms with van der Waals surface area (Å²) in [6.07, 6.45) is 1.51. The first-order valence-electron chi connectivity index (χ1n) is 10.7. The highest BCUT2D eigenvalue weighted by molar-refractivity contribution is 8.18. The van der Waals surface area contributed by atoms with Gasteiger partial charge in [0, 0.05) is 11.1 Å². The van der Waals surface area contributed by atoms with Crippen molar-refractivity contribution < 1.29 is 23.9 Å². The summed E-state index contributed by atoms with van der Waals surface area (Å²) in [5.41, 5.74) is 2.12. The van der Waals surface area contributed by atoms with Gasteiger partial charge in [-0.25, -0.2) is 0 Å². The summed E-state index contributed by atoms with van der Waals surface area (Å²) >= 11 is 7.21. The van der Waals surface area contributed by atoms with Crippen LogP contribution in [0.5, 0.6) is 11.5 Å². The lowest BCUT2D eigenvalue weighted by atomic mass is 10.1. The van der Waals surface area contributed by atoms with Gasteiger partial charge in [0.2, 0.25) is 0 Å². The molecule has 36 heavy (non-hydrogen) atoms. The molecule has 1 heterocycles. The maximum absolute atomic E-state index is 12.9. The van der Waals surface area contributed by atoms with Crippen molar-refractivity contribution in [3.05, 3.63) is 98.9 Å². The van der Waals surface area contributed by atoms with Gasteiger partial charge < -0.3 is 9.47 Å². The van der Waals surface area contributed by atoms with E-state index in [1.165, 1.54) is 13.2 Å². The van der Waals surface area contributed by atoms with E-state index in [1.807, 2.05) is 6.07 Å². The molecule has 0 N–H and O–H groups in total. The maximum Gasteiger partial charge on any atom is 0.293 e. The van der Waals surface area contributed by atoms with Crippen molar-refractivity contribution in [1.82, 2.24) is 4.90 Å². The molecule has 0 spiro atoms. The van der Waals surface area contributed by atoms with Crippen LogP contribution < -0.4 is 9.47 Å². The number of benzene rings is 3. The summed E-state index contributed by atoms with van der Waals surface area (Å²) < 4.78 is 11.3. The molecule has 7 nitrogen and oxygen atoms in total. The van der Waals surface area contributed by atoms with Gasteiger partial charge in [-0.3, -0.25) is 19.3 Å². The SMILES string of the molecule is COc1cc(/C=C2\SC(=O)N(CC(=O)c3ccccc3)C2=O)cc(Cl)c1OCc1ccccc1C#N. The summed E-state index contributed by atoms with van der Waals surface area (Å²) in [5.74, 6) is -0.284. The number of imide groups is 1. The van der Waals surface area contributed by atoms with E-state index < -0.39 is 11.1 Å². The van der Waals surface area contributed by atoms with Gasteiger partial charge in [0.1, 0.15) is 6.61 Å². The van der Waals surface area contributed by atoms with Crippen LogP contribution in [0, 0.1) is 11.3 Å². The van der Waals surface area contributed by atoms with Crippen LogP contribution in [0.4, 0.5) is 4.79 Å². The molecule has 1 fully saturated rings. The Morgan fingerprint density at radius 2 is 1.83 bits per heavy atom. The van der Waals surface area contributed by atoms with Crippen LogP contribution in [0.1, 0.15) is 27.0 Å². The van der Waals surface area contributed by atoms with Crippen LogP contribution in [0.25, 0.3) is 6.08 Å². The number of hydrogen-bond acceptors (Lipinski definition) is 7. The van der Waals surface area contributed by atoms with Crippen molar-refractivity contribution in [2.45, 2.75) is 6.61 Å². The quantitative estimate of drug-likeness (QED) is 0.278. The zero-order valence-electron chi connectivity index (χ0n) is 19.1. The Morgan fingerprint density at radius 3 is 2.56 bits per heavy atom. The molecule has 180 valence electrons. The molecular formula is C27H19ClN2O5S. The van der Waals surface area contributed by atoms with E-state index in [4.69, 9.17) is 21.1 Å². The Balaban J connectivity index is 1.53. The van der Waals surface area contributed by atoms with Crippen molar-refractivity contribution in [1.29, 1.82) is 5.26 Å². The van der Waals surface area contributed by atoms with Crippen molar-refractivity contribution >= 4 is 46.4 Å². The molecular weight excluding hydrogens is 500 g/mol. The van der Waals surface area contributed by atoms with Crippen LogP contribution in [0.2, 0.25) is 5.02 Å². The van der Waals surface area contributed by atoms with Gasteiger partial charge in [0.05, 0.1) is 35.2 Å². The lowest BCUT2D eigenvalue weighted by Crippen LogP contribution is -2.33. The normalized spacial score (nSPS) is 14.1. The van der Waals surface area contributed by atoms with Gasteiger partial charge in [0.15, 0.2) is 17.3 Å². The zero-order chi connectivity index (χ0) is 25.7. The average molecular weight is 519 g/mol. The molecule has 2 amide bonds. The smallest absolute Gasteiger partial charge is 0.293 e. The van der Waals surface area contributed by atoms with Gasteiger partial charge in [-0.15, -0.1) is 0 Å². The second-order valence-electron chi connectivity index (χ2n) is 7.65. The molecule has 0 atom stereocenters. The average Bonchev–Trinajstić information content (AvgIpc) is 3.15. The molecule has 9 heteroatoms. The number of methoxy groups -OCH3 is 1. The van der Waals surface area contributed by atoms with Gasteiger partial charge >= 0.3 is 0 Å². The monoisotopic (exact) mass is 518 g/mol. The third-order valence-corrected chi connectivity index (χ3v) is 6.52. The second kappa shape index (κ2) is 11.1. The molecule has 0 unspecified atom stereocenters. The van der Waals surface area contributed by atoms with E-state index in [2.05, 4.69) is 6.07 Å². The summed E-state index contributed by atoms with van der Waals surface area (Å²) in [4.78, 5) is 38.9. The Labute approximate surface area is 216 Å². The summed E-state index contributed by atoms with van der Waals surface area (Å²) in [7, 11) is 1.45. The maximum atomic E-state index is 12.9. The molecule has 1 aliphatic heterocycles. The Hall–Kier alpha value is -4.06. The predicted molar refractivity (Wildman–Crippen MR) is 137 cm³/mol. The highest BCUT2D eigenvalue weighted by Crippen LogP contribution is 2.39. The first kappa shape index (κ1) is 25.0. The van der Waals surface area contributed by atoms with Crippen LogP contribution in [0.15, 0.2) is 71.6 Å². The van der Waals surface area contributed by atoms with Gasteiger partial charge in [0.25, 0.3) is 11.1 Å². The molecule has 3 aromatic rings.